The molecular formula is C13H17ClF3N. The number of halogens is 4. The molecule has 0 heterocycles. The van der Waals surface area contributed by atoms with Gasteiger partial charge in [0.05, 0.1) is 0 Å². The molecule has 1 atom stereocenters. The van der Waals surface area contributed by atoms with Crippen molar-refractivity contribution >= 4 is 11.6 Å². The minimum absolute atomic E-state index is 0.248. The van der Waals surface area contributed by atoms with Crippen molar-refractivity contribution in [3.05, 3.63) is 33.8 Å². The van der Waals surface area contributed by atoms with Crippen LogP contribution in [0, 0.1) is 13.8 Å². The maximum absolute atomic E-state index is 13.0. The first-order valence-electron chi connectivity index (χ1n) is 5.84. The Labute approximate surface area is 110 Å². The molecule has 0 aliphatic heterocycles. The fourth-order valence-corrected chi connectivity index (χ4v) is 2.02. The van der Waals surface area contributed by atoms with Gasteiger partial charge in [0, 0.05) is 5.02 Å². The average molecular weight is 280 g/mol. The Balaban J connectivity index is 3.16. The lowest BCUT2D eigenvalue weighted by molar-refractivity contribution is -0.157. The van der Waals surface area contributed by atoms with Gasteiger partial charge in [-0.2, -0.15) is 13.2 Å². The van der Waals surface area contributed by atoms with Crippen LogP contribution in [-0.2, 0) is 0 Å². The van der Waals surface area contributed by atoms with Crippen LogP contribution < -0.4 is 5.32 Å². The molecule has 1 nitrogen and oxygen atoms in total. The summed E-state index contributed by atoms with van der Waals surface area (Å²) in [7, 11) is 0. The highest BCUT2D eigenvalue weighted by molar-refractivity contribution is 6.31. The van der Waals surface area contributed by atoms with Crippen molar-refractivity contribution in [2.45, 2.75) is 39.4 Å². The molecule has 0 aliphatic rings. The van der Waals surface area contributed by atoms with Gasteiger partial charge in [-0.25, -0.2) is 0 Å². The summed E-state index contributed by atoms with van der Waals surface area (Å²) in [5.41, 5.74) is 1.46. The molecule has 0 fully saturated rings. The molecule has 1 aromatic rings. The Hall–Kier alpha value is -0.740. The smallest absolute Gasteiger partial charge is 0.302 e. The van der Waals surface area contributed by atoms with Gasteiger partial charge in [0.25, 0.3) is 0 Å². The topological polar surface area (TPSA) is 12.0 Å². The van der Waals surface area contributed by atoms with Crippen molar-refractivity contribution in [2.24, 2.45) is 0 Å². The molecule has 0 amide bonds. The number of alkyl halides is 3. The molecule has 0 radical (unpaired) electrons. The highest BCUT2D eigenvalue weighted by atomic mass is 35.5. The second-order valence-electron chi connectivity index (χ2n) is 4.39. The Kier molecular flexibility index (Phi) is 5.05. The van der Waals surface area contributed by atoms with Gasteiger partial charge in [-0.1, -0.05) is 24.6 Å². The molecule has 1 unspecified atom stereocenters. The SMILES string of the molecule is CCCNC(c1cc(C)c(Cl)cc1C)C(F)(F)F. The van der Waals surface area contributed by atoms with Crippen LogP contribution in [0.1, 0.15) is 36.1 Å². The third kappa shape index (κ3) is 3.62. The number of hydrogen-bond donors (Lipinski definition) is 1. The van der Waals surface area contributed by atoms with E-state index in [0.717, 1.165) is 0 Å². The van der Waals surface area contributed by atoms with Crippen molar-refractivity contribution in [3.63, 3.8) is 0 Å². The molecule has 18 heavy (non-hydrogen) atoms. The molecule has 1 aromatic carbocycles. The zero-order valence-corrected chi connectivity index (χ0v) is 11.4. The van der Waals surface area contributed by atoms with Crippen LogP contribution >= 0.6 is 11.6 Å². The summed E-state index contributed by atoms with van der Waals surface area (Å²) >= 11 is 5.91. The van der Waals surface area contributed by atoms with Gasteiger partial charge >= 0.3 is 6.18 Å². The van der Waals surface area contributed by atoms with E-state index in [1.807, 2.05) is 6.92 Å². The van der Waals surface area contributed by atoms with Crippen LogP contribution in [0.5, 0.6) is 0 Å². The maximum Gasteiger partial charge on any atom is 0.407 e. The number of rotatable bonds is 4. The summed E-state index contributed by atoms with van der Waals surface area (Å²) in [6, 6.07) is 1.46. The molecule has 5 heteroatoms. The number of aryl methyl sites for hydroxylation is 2. The molecule has 0 saturated heterocycles. The summed E-state index contributed by atoms with van der Waals surface area (Å²) in [6.07, 6.45) is -3.65. The van der Waals surface area contributed by atoms with Gasteiger partial charge in [0.1, 0.15) is 6.04 Å². The van der Waals surface area contributed by atoms with Crippen LogP contribution in [0.3, 0.4) is 0 Å². The molecular weight excluding hydrogens is 263 g/mol. The molecule has 0 bridgehead atoms. The minimum Gasteiger partial charge on any atom is -0.302 e. The summed E-state index contributed by atoms with van der Waals surface area (Å²) in [5.74, 6) is 0. The van der Waals surface area contributed by atoms with Gasteiger partial charge in [-0.3, -0.25) is 0 Å². The largest absolute Gasteiger partial charge is 0.407 e. The van der Waals surface area contributed by atoms with E-state index in [9.17, 15) is 13.2 Å². The van der Waals surface area contributed by atoms with E-state index in [1.165, 1.54) is 6.07 Å². The minimum atomic E-state index is -4.31. The Morgan fingerprint density at radius 1 is 1.22 bits per heavy atom. The first-order chi connectivity index (χ1) is 8.27. The molecule has 0 aliphatic carbocycles. The molecule has 1 N–H and O–H groups in total. The monoisotopic (exact) mass is 279 g/mol. The average Bonchev–Trinajstić information content (AvgIpc) is 2.24. The van der Waals surface area contributed by atoms with Crippen molar-refractivity contribution < 1.29 is 13.2 Å². The third-order valence-electron chi connectivity index (χ3n) is 2.78. The van der Waals surface area contributed by atoms with Crippen LogP contribution in [-0.4, -0.2) is 12.7 Å². The van der Waals surface area contributed by atoms with Crippen molar-refractivity contribution in [1.82, 2.24) is 5.32 Å². The van der Waals surface area contributed by atoms with Gasteiger partial charge < -0.3 is 5.32 Å². The van der Waals surface area contributed by atoms with Crippen LogP contribution in [0.2, 0.25) is 5.02 Å². The second kappa shape index (κ2) is 5.93. The maximum atomic E-state index is 13.0. The number of nitrogens with one attached hydrogen (secondary N) is 1. The van der Waals surface area contributed by atoms with E-state index < -0.39 is 12.2 Å². The lowest BCUT2D eigenvalue weighted by Crippen LogP contribution is -2.35. The summed E-state index contributed by atoms with van der Waals surface area (Å²) in [4.78, 5) is 0. The Bertz CT molecular complexity index is 415. The molecule has 1 rings (SSSR count). The van der Waals surface area contributed by atoms with Crippen molar-refractivity contribution in [3.8, 4) is 0 Å². The summed E-state index contributed by atoms with van der Waals surface area (Å²) < 4.78 is 39.1. The summed E-state index contributed by atoms with van der Waals surface area (Å²) in [6.45, 7) is 5.51. The third-order valence-corrected chi connectivity index (χ3v) is 3.19. The van der Waals surface area contributed by atoms with E-state index in [2.05, 4.69) is 5.32 Å². The highest BCUT2D eigenvalue weighted by Crippen LogP contribution is 2.36. The normalized spacial score (nSPS) is 13.7. The van der Waals surface area contributed by atoms with Gasteiger partial charge in [0.15, 0.2) is 0 Å². The van der Waals surface area contributed by atoms with E-state index in [-0.39, 0.29) is 5.56 Å². The fraction of sp³-hybridized carbons (Fsp3) is 0.538. The fourth-order valence-electron chi connectivity index (χ4n) is 1.80. The van der Waals surface area contributed by atoms with E-state index >= 15 is 0 Å². The molecule has 0 saturated carbocycles. The number of hydrogen-bond acceptors (Lipinski definition) is 1. The Morgan fingerprint density at radius 3 is 2.33 bits per heavy atom. The zero-order valence-electron chi connectivity index (χ0n) is 10.7. The quantitative estimate of drug-likeness (QED) is 0.852. The number of benzene rings is 1. The first kappa shape index (κ1) is 15.3. The molecule has 0 spiro atoms. The predicted octanol–water partition coefficient (Wildman–Crippen LogP) is 4.56. The van der Waals surface area contributed by atoms with Crippen LogP contribution in [0.15, 0.2) is 12.1 Å². The van der Waals surface area contributed by atoms with Gasteiger partial charge in [-0.05, 0) is 49.6 Å². The van der Waals surface area contributed by atoms with Gasteiger partial charge in [0.2, 0.25) is 0 Å². The van der Waals surface area contributed by atoms with Crippen LogP contribution in [0.4, 0.5) is 13.2 Å². The lowest BCUT2D eigenvalue weighted by Gasteiger charge is -2.24. The van der Waals surface area contributed by atoms with E-state index in [4.69, 9.17) is 11.6 Å². The van der Waals surface area contributed by atoms with E-state index in [1.54, 1.807) is 19.9 Å². The zero-order chi connectivity index (χ0) is 13.9. The molecule has 0 aromatic heterocycles. The lowest BCUT2D eigenvalue weighted by atomic mass is 9.98. The van der Waals surface area contributed by atoms with E-state index in [0.29, 0.717) is 29.1 Å². The van der Waals surface area contributed by atoms with Gasteiger partial charge in [-0.15, -0.1) is 0 Å². The van der Waals surface area contributed by atoms with Crippen molar-refractivity contribution in [2.75, 3.05) is 6.54 Å². The van der Waals surface area contributed by atoms with Crippen LogP contribution in [0.25, 0.3) is 0 Å². The highest BCUT2D eigenvalue weighted by Gasteiger charge is 2.41. The predicted molar refractivity (Wildman–Crippen MR) is 68.0 cm³/mol. The standard InChI is InChI=1S/C13H17ClF3N/c1-4-5-18-12(13(15,16)17)10-6-9(3)11(14)7-8(10)2/h6-7,12,18H,4-5H2,1-3H3. The summed E-state index contributed by atoms with van der Waals surface area (Å²) in [5, 5.41) is 3.04. The second-order valence-corrected chi connectivity index (χ2v) is 4.79. The first-order valence-corrected chi connectivity index (χ1v) is 6.22. The molecule has 102 valence electrons. The Morgan fingerprint density at radius 2 is 1.83 bits per heavy atom. The van der Waals surface area contributed by atoms with Crippen molar-refractivity contribution in [1.29, 1.82) is 0 Å².